The van der Waals surface area contributed by atoms with Gasteiger partial charge < -0.3 is 15.5 Å². The van der Waals surface area contributed by atoms with Crippen molar-refractivity contribution in [3.05, 3.63) is 0 Å². The molecule has 1 aliphatic rings. The summed E-state index contributed by atoms with van der Waals surface area (Å²) in [7, 11) is 0. The van der Waals surface area contributed by atoms with Gasteiger partial charge in [0.25, 0.3) is 0 Å². The molecular weight excluding hydrogens is 172 g/mol. The molecule has 0 atom stereocenters. The molecule has 0 saturated heterocycles. The lowest BCUT2D eigenvalue weighted by Gasteiger charge is -2.30. The van der Waals surface area contributed by atoms with Crippen LogP contribution >= 0.6 is 0 Å². The number of nitriles is 1. The van der Waals surface area contributed by atoms with Crippen molar-refractivity contribution in [3.63, 3.8) is 0 Å². The van der Waals surface area contributed by atoms with E-state index in [9.17, 15) is 9.90 Å². The Morgan fingerprint density at radius 1 is 1.54 bits per heavy atom. The van der Waals surface area contributed by atoms with Crippen molar-refractivity contribution in [2.45, 2.75) is 37.3 Å². The van der Waals surface area contributed by atoms with Gasteiger partial charge in [0, 0.05) is 6.04 Å². The van der Waals surface area contributed by atoms with Gasteiger partial charge in [-0.1, -0.05) is 0 Å². The number of aliphatic hydroxyl groups is 1. The predicted octanol–water partition coefficient (Wildman–Crippen LogP) is 0.451. The molecule has 0 aromatic rings. The number of hydrogen-bond acceptors (Lipinski definition) is 3. The van der Waals surface area contributed by atoms with Crippen molar-refractivity contribution in [1.29, 1.82) is 5.26 Å². The molecule has 5 nitrogen and oxygen atoms in total. The second kappa shape index (κ2) is 3.62. The summed E-state index contributed by atoms with van der Waals surface area (Å²) in [6, 6.07) is 1.72. The standard InChI is InChI=1S/C8H12N2O3/c9-5-8(13)3-1-6(2-4-8)10-7(11)12/h6,10,13H,1-4H2,(H,11,12). The van der Waals surface area contributed by atoms with Crippen LogP contribution in [0.2, 0.25) is 0 Å². The lowest BCUT2D eigenvalue weighted by Crippen LogP contribution is -2.42. The van der Waals surface area contributed by atoms with Gasteiger partial charge in [0.15, 0.2) is 5.60 Å². The van der Waals surface area contributed by atoms with Crippen LogP contribution in [0.4, 0.5) is 4.79 Å². The minimum Gasteiger partial charge on any atom is -0.465 e. The Kier molecular flexibility index (Phi) is 2.73. The summed E-state index contributed by atoms with van der Waals surface area (Å²) < 4.78 is 0. The first-order chi connectivity index (χ1) is 6.06. The molecule has 0 heterocycles. The largest absolute Gasteiger partial charge is 0.465 e. The number of hydrogen-bond donors (Lipinski definition) is 3. The fraction of sp³-hybridized carbons (Fsp3) is 0.750. The molecule has 0 bridgehead atoms. The van der Waals surface area contributed by atoms with E-state index in [2.05, 4.69) is 5.32 Å². The lowest BCUT2D eigenvalue weighted by molar-refractivity contribution is 0.0489. The molecule has 0 spiro atoms. The summed E-state index contributed by atoms with van der Waals surface area (Å²) in [5, 5.41) is 28.8. The van der Waals surface area contributed by atoms with Crippen molar-refractivity contribution in [2.24, 2.45) is 0 Å². The maximum atomic E-state index is 10.3. The van der Waals surface area contributed by atoms with Crippen LogP contribution in [0.15, 0.2) is 0 Å². The molecule has 13 heavy (non-hydrogen) atoms. The van der Waals surface area contributed by atoms with Gasteiger partial charge in [-0.15, -0.1) is 0 Å². The van der Waals surface area contributed by atoms with Gasteiger partial charge in [0.1, 0.15) is 0 Å². The van der Waals surface area contributed by atoms with E-state index in [0.717, 1.165) is 0 Å². The first-order valence-corrected chi connectivity index (χ1v) is 4.19. The Morgan fingerprint density at radius 3 is 2.46 bits per heavy atom. The van der Waals surface area contributed by atoms with E-state index in [0.29, 0.717) is 25.7 Å². The number of carbonyl (C=O) groups is 1. The summed E-state index contributed by atoms with van der Waals surface area (Å²) in [6.07, 6.45) is 0.683. The summed E-state index contributed by atoms with van der Waals surface area (Å²) in [5.74, 6) is 0. The zero-order valence-corrected chi connectivity index (χ0v) is 7.16. The third kappa shape index (κ3) is 2.60. The van der Waals surface area contributed by atoms with Crippen molar-refractivity contribution in [3.8, 4) is 6.07 Å². The first kappa shape index (κ1) is 9.81. The van der Waals surface area contributed by atoms with Crippen LogP contribution in [0.1, 0.15) is 25.7 Å². The second-order valence-electron chi connectivity index (χ2n) is 3.37. The van der Waals surface area contributed by atoms with Gasteiger partial charge in [-0.05, 0) is 25.7 Å². The average molecular weight is 184 g/mol. The number of nitrogens with one attached hydrogen (secondary N) is 1. The van der Waals surface area contributed by atoms with E-state index in [4.69, 9.17) is 10.4 Å². The van der Waals surface area contributed by atoms with E-state index in [1.165, 1.54) is 0 Å². The molecule has 1 rings (SSSR count). The maximum Gasteiger partial charge on any atom is 0.404 e. The first-order valence-electron chi connectivity index (χ1n) is 4.19. The molecule has 0 aromatic heterocycles. The van der Waals surface area contributed by atoms with Crippen molar-refractivity contribution in [1.82, 2.24) is 5.32 Å². The molecule has 5 heteroatoms. The quantitative estimate of drug-likeness (QED) is 0.516. The maximum absolute atomic E-state index is 10.3. The highest BCUT2D eigenvalue weighted by Crippen LogP contribution is 2.27. The molecular formula is C8H12N2O3. The molecule has 1 saturated carbocycles. The van der Waals surface area contributed by atoms with E-state index in [1.807, 2.05) is 6.07 Å². The highest BCUT2D eigenvalue weighted by molar-refractivity contribution is 5.64. The fourth-order valence-electron chi connectivity index (χ4n) is 1.53. The van der Waals surface area contributed by atoms with Crippen LogP contribution in [-0.2, 0) is 0 Å². The average Bonchev–Trinajstić information content (AvgIpc) is 2.09. The minimum atomic E-state index is -1.24. The van der Waals surface area contributed by atoms with Gasteiger partial charge in [-0.3, -0.25) is 0 Å². The summed E-state index contributed by atoms with van der Waals surface area (Å²) >= 11 is 0. The molecule has 0 aliphatic heterocycles. The molecule has 1 aliphatic carbocycles. The summed E-state index contributed by atoms with van der Waals surface area (Å²) in [5.41, 5.74) is -1.24. The van der Waals surface area contributed by atoms with E-state index >= 15 is 0 Å². The number of nitrogens with zero attached hydrogens (tertiary/aromatic N) is 1. The second-order valence-corrected chi connectivity index (χ2v) is 3.37. The van der Waals surface area contributed by atoms with Gasteiger partial charge in [-0.2, -0.15) is 5.26 Å². The van der Waals surface area contributed by atoms with Gasteiger partial charge in [0.2, 0.25) is 0 Å². The topological polar surface area (TPSA) is 93.4 Å². The number of rotatable bonds is 1. The Hall–Kier alpha value is -1.28. The molecule has 1 fully saturated rings. The molecule has 3 N–H and O–H groups in total. The third-order valence-electron chi connectivity index (χ3n) is 2.35. The minimum absolute atomic E-state index is 0.119. The van der Waals surface area contributed by atoms with Crippen LogP contribution in [0.25, 0.3) is 0 Å². The summed E-state index contributed by atoms with van der Waals surface area (Å²) in [4.78, 5) is 10.3. The molecule has 0 radical (unpaired) electrons. The summed E-state index contributed by atoms with van der Waals surface area (Å²) in [6.45, 7) is 0. The van der Waals surface area contributed by atoms with Crippen LogP contribution in [-0.4, -0.2) is 27.9 Å². The van der Waals surface area contributed by atoms with E-state index in [1.54, 1.807) is 0 Å². The number of amides is 1. The van der Waals surface area contributed by atoms with Crippen molar-refractivity contribution in [2.75, 3.05) is 0 Å². The van der Waals surface area contributed by atoms with Gasteiger partial charge in [0.05, 0.1) is 6.07 Å². The monoisotopic (exact) mass is 184 g/mol. The molecule has 1 amide bonds. The van der Waals surface area contributed by atoms with Crippen LogP contribution in [0, 0.1) is 11.3 Å². The zero-order chi connectivity index (χ0) is 9.90. The lowest BCUT2D eigenvalue weighted by atomic mass is 9.83. The molecule has 72 valence electrons. The third-order valence-corrected chi connectivity index (χ3v) is 2.35. The van der Waals surface area contributed by atoms with Crippen molar-refractivity contribution < 1.29 is 15.0 Å². The zero-order valence-electron chi connectivity index (χ0n) is 7.16. The van der Waals surface area contributed by atoms with E-state index < -0.39 is 11.7 Å². The smallest absolute Gasteiger partial charge is 0.404 e. The Bertz CT molecular complexity index is 238. The highest BCUT2D eigenvalue weighted by Gasteiger charge is 2.33. The highest BCUT2D eigenvalue weighted by atomic mass is 16.4. The Labute approximate surface area is 76.0 Å². The fourth-order valence-corrected chi connectivity index (χ4v) is 1.53. The molecule has 0 unspecified atom stereocenters. The van der Waals surface area contributed by atoms with E-state index in [-0.39, 0.29) is 6.04 Å². The molecule has 0 aromatic carbocycles. The van der Waals surface area contributed by atoms with Crippen molar-refractivity contribution >= 4 is 6.09 Å². The Balaban J connectivity index is 2.40. The van der Waals surface area contributed by atoms with Gasteiger partial charge in [-0.25, -0.2) is 4.79 Å². The van der Waals surface area contributed by atoms with Crippen LogP contribution in [0.3, 0.4) is 0 Å². The van der Waals surface area contributed by atoms with Crippen LogP contribution < -0.4 is 5.32 Å². The Morgan fingerprint density at radius 2 is 2.08 bits per heavy atom. The number of carboxylic acid groups (broad SMARTS) is 1. The predicted molar refractivity (Wildman–Crippen MR) is 44.0 cm³/mol. The van der Waals surface area contributed by atoms with Gasteiger partial charge >= 0.3 is 6.09 Å². The SMILES string of the molecule is N#CC1(O)CCC(NC(=O)O)CC1. The normalized spacial score (nSPS) is 33.4. The van der Waals surface area contributed by atoms with Crippen LogP contribution in [0.5, 0.6) is 0 Å².